The minimum absolute atomic E-state index is 0.0283. The Morgan fingerprint density at radius 3 is 2.26 bits per heavy atom. The normalized spacial score (nSPS) is 43.6. The van der Waals surface area contributed by atoms with Crippen molar-refractivity contribution in [3.05, 3.63) is 23.8 Å². The largest absolute Gasteiger partial charge is 0.393 e. The van der Waals surface area contributed by atoms with Gasteiger partial charge in [0.25, 0.3) is 0 Å². The fraction of sp³-hybridized carbons (Fsp3) is 0.871. The summed E-state index contributed by atoms with van der Waals surface area (Å²) in [5, 5.41) is 42.6. The first-order valence-electron chi connectivity index (χ1n) is 14.2. The van der Waals surface area contributed by atoms with Crippen molar-refractivity contribution in [1.82, 2.24) is 0 Å². The van der Waals surface area contributed by atoms with Gasteiger partial charge in [0.1, 0.15) is 0 Å². The van der Waals surface area contributed by atoms with Crippen molar-refractivity contribution in [1.29, 1.82) is 0 Å². The summed E-state index contributed by atoms with van der Waals surface area (Å²) >= 11 is 0. The SMILES string of the molecule is C=C[C@@]12CC[C@H]([C@H](C)[C@@H](O)CC(O)C(C)(C)O)[C@@]1(C)CCC1=C2CCC2C(C)(C)[C@@H](O)CC[C@]12C. The highest BCUT2D eigenvalue weighted by atomic mass is 16.3. The molecule has 9 atom stereocenters. The van der Waals surface area contributed by atoms with Gasteiger partial charge >= 0.3 is 0 Å². The summed E-state index contributed by atoms with van der Waals surface area (Å²) in [4.78, 5) is 0. The van der Waals surface area contributed by atoms with Crippen LogP contribution < -0.4 is 0 Å². The van der Waals surface area contributed by atoms with Gasteiger partial charge in [-0.25, -0.2) is 0 Å². The highest BCUT2D eigenvalue weighted by molar-refractivity contribution is 5.42. The summed E-state index contributed by atoms with van der Waals surface area (Å²) in [5.74, 6) is 0.885. The van der Waals surface area contributed by atoms with Crippen molar-refractivity contribution in [3.63, 3.8) is 0 Å². The molecule has 0 heterocycles. The first-order chi connectivity index (χ1) is 16.1. The average molecular weight is 489 g/mol. The van der Waals surface area contributed by atoms with Crippen LogP contribution in [0.15, 0.2) is 23.8 Å². The van der Waals surface area contributed by atoms with E-state index in [4.69, 9.17) is 0 Å². The van der Waals surface area contributed by atoms with Gasteiger partial charge in [0.05, 0.1) is 23.9 Å². The third-order valence-corrected chi connectivity index (χ3v) is 12.2. The molecule has 0 aliphatic heterocycles. The Morgan fingerprint density at radius 2 is 1.66 bits per heavy atom. The first kappa shape index (κ1) is 27.4. The molecule has 4 aliphatic rings. The second-order valence-electron chi connectivity index (χ2n) is 14.4. The molecular weight excluding hydrogens is 436 g/mol. The molecule has 200 valence electrons. The lowest BCUT2D eigenvalue weighted by molar-refractivity contribution is -0.0976. The van der Waals surface area contributed by atoms with Gasteiger partial charge in [-0.2, -0.15) is 0 Å². The molecule has 0 amide bonds. The molecule has 2 unspecified atom stereocenters. The monoisotopic (exact) mass is 488 g/mol. The van der Waals surface area contributed by atoms with Crippen LogP contribution in [0.5, 0.6) is 0 Å². The average Bonchev–Trinajstić information content (AvgIpc) is 3.08. The zero-order valence-electron chi connectivity index (χ0n) is 23.4. The van der Waals surface area contributed by atoms with Crippen molar-refractivity contribution in [2.24, 2.45) is 39.4 Å². The zero-order chi connectivity index (χ0) is 26.2. The van der Waals surface area contributed by atoms with Crippen LogP contribution in [0.3, 0.4) is 0 Å². The van der Waals surface area contributed by atoms with E-state index in [1.54, 1.807) is 25.0 Å². The summed E-state index contributed by atoms with van der Waals surface area (Å²) in [6, 6.07) is 0. The van der Waals surface area contributed by atoms with Crippen molar-refractivity contribution in [2.75, 3.05) is 0 Å². The van der Waals surface area contributed by atoms with Crippen LogP contribution in [0, 0.1) is 39.4 Å². The highest BCUT2D eigenvalue weighted by Gasteiger charge is 2.64. The minimum Gasteiger partial charge on any atom is -0.393 e. The molecule has 4 aliphatic carbocycles. The van der Waals surface area contributed by atoms with Crippen LogP contribution in [-0.2, 0) is 0 Å². The van der Waals surface area contributed by atoms with Gasteiger partial charge < -0.3 is 20.4 Å². The molecule has 0 radical (unpaired) electrons. The Morgan fingerprint density at radius 1 is 1.00 bits per heavy atom. The Labute approximate surface area is 213 Å². The number of aliphatic hydroxyl groups excluding tert-OH is 3. The van der Waals surface area contributed by atoms with E-state index in [1.165, 1.54) is 0 Å². The Bertz CT molecular complexity index is 868. The van der Waals surface area contributed by atoms with Crippen molar-refractivity contribution in [2.45, 2.75) is 130 Å². The van der Waals surface area contributed by atoms with Gasteiger partial charge in [-0.1, -0.05) is 51.8 Å². The van der Waals surface area contributed by atoms with Crippen LogP contribution in [0.4, 0.5) is 0 Å². The molecule has 0 bridgehead atoms. The molecule has 0 aromatic carbocycles. The summed E-state index contributed by atoms with van der Waals surface area (Å²) in [7, 11) is 0. The van der Waals surface area contributed by atoms with Crippen LogP contribution in [0.25, 0.3) is 0 Å². The highest BCUT2D eigenvalue weighted by Crippen LogP contribution is 2.73. The third-order valence-electron chi connectivity index (χ3n) is 12.2. The van der Waals surface area contributed by atoms with Crippen LogP contribution >= 0.6 is 0 Å². The van der Waals surface area contributed by atoms with Crippen molar-refractivity contribution >= 4 is 0 Å². The predicted octanol–water partition coefficient (Wildman–Crippen LogP) is 5.78. The fourth-order valence-corrected chi connectivity index (χ4v) is 9.71. The lowest BCUT2D eigenvalue weighted by Gasteiger charge is -2.62. The number of aliphatic hydroxyl groups is 4. The predicted molar refractivity (Wildman–Crippen MR) is 142 cm³/mol. The third kappa shape index (κ3) is 3.83. The standard InChI is InChI=1S/C31H52O4/c1-9-31-17-13-20(19(2)23(32)18-26(34)28(5,6)35)30(31,8)16-12-21-22(31)10-11-24-27(3,4)25(33)14-15-29(21,24)7/h9,19-20,23-26,32-35H,1,10-18H2,2-8H3/t19-,20+,23-,24?,25-,26?,29+,30+,31-/m0/s1. The van der Waals surface area contributed by atoms with E-state index in [0.717, 1.165) is 51.4 Å². The first-order valence-corrected chi connectivity index (χ1v) is 14.2. The van der Waals surface area contributed by atoms with Gasteiger partial charge in [-0.3, -0.25) is 0 Å². The molecule has 0 aromatic rings. The number of hydrogen-bond donors (Lipinski definition) is 4. The van der Waals surface area contributed by atoms with Crippen LogP contribution in [0.1, 0.15) is 106 Å². The smallest absolute Gasteiger partial charge is 0.0850 e. The topological polar surface area (TPSA) is 80.9 Å². The van der Waals surface area contributed by atoms with Gasteiger partial charge in [-0.15, -0.1) is 6.58 Å². The maximum Gasteiger partial charge on any atom is 0.0850 e. The molecule has 2 saturated carbocycles. The lowest BCUT2D eigenvalue weighted by atomic mass is 9.43. The summed E-state index contributed by atoms with van der Waals surface area (Å²) < 4.78 is 0. The van der Waals surface area contributed by atoms with Gasteiger partial charge in [0.15, 0.2) is 0 Å². The molecule has 4 rings (SSSR count). The molecule has 4 nitrogen and oxygen atoms in total. The molecule has 0 spiro atoms. The molecule has 0 saturated heterocycles. The Balaban J connectivity index is 1.68. The van der Waals surface area contributed by atoms with Gasteiger partial charge in [-0.05, 0) is 99.2 Å². The zero-order valence-corrected chi connectivity index (χ0v) is 23.4. The molecule has 4 N–H and O–H groups in total. The summed E-state index contributed by atoms with van der Waals surface area (Å²) in [5.41, 5.74) is 2.15. The maximum atomic E-state index is 11.2. The van der Waals surface area contributed by atoms with E-state index >= 15 is 0 Å². The summed E-state index contributed by atoms with van der Waals surface area (Å²) in [6.07, 6.45) is 9.15. The van der Waals surface area contributed by atoms with Gasteiger partial charge in [0.2, 0.25) is 0 Å². The lowest BCUT2D eigenvalue weighted by Crippen LogP contribution is -2.55. The Hall–Kier alpha value is -0.680. The van der Waals surface area contributed by atoms with Crippen LogP contribution in [0.2, 0.25) is 0 Å². The number of fused-ring (bicyclic) bond motifs is 4. The maximum absolute atomic E-state index is 11.2. The Kier molecular flexibility index (Phi) is 6.79. The number of rotatable bonds is 6. The summed E-state index contributed by atoms with van der Waals surface area (Å²) in [6.45, 7) is 19.3. The second kappa shape index (κ2) is 8.68. The van der Waals surface area contributed by atoms with E-state index < -0.39 is 17.8 Å². The molecule has 2 fully saturated rings. The number of hydrogen-bond acceptors (Lipinski definition) is 4. The van der Waals surface area contributed by atoms with E-state index in [9.17, 15) is 20.4 Å². The molecule has 35 heavy (non-hydrogen) atoms. The van der Waals surface area contributed by atoms with Crippen molar-refractivity contribution < 1.29 is 20.4 Å². The fourth-order valence-electron chi connectivity index (χ4n) is 9.71. The minimum atomic E-state index is -1.22. The molecular formula is C31H52O4. The van der Waals surface area contributed by atoms with E-state index in [2.05, 4.69) is 47.3 Å². The van der Waals surface area contributed by atoms with Crippen molar-refractivity contribution in [3.8, 4) is 0 Å². The van der Waals surface area contributed by atoms with E-state index in [0.29, 0.717) is 11.8 Å². The van der Waals surface area contributed by atoms with E-state index in [-0.39, 0.29) is 40.1 Å². The second-order valence-corrected chi connectivity index (χ2v) is 14.4. The number of allylic oxidation sites excluding steroid dienone is 3. The van der Waals surface area contributed by atoms with Crippen LogP contribution in [-0.4, -0.2) is 44.3 Å². The molecule has 0 aromatic heterocycles. The molecule has 4 heteroatoms. The van der Waals surface area contributed by atoms with E-state index in [1.807, 2.05) is 0 Å². The van der Waals surface area contributed by atoms with Gasteiger partial charge in [0, 0.05) is 11.8 Å². The quantitative estimate of drug-likeness (QED) is 0.357.